The van der Waals surface area contributed by atoms with Gasteiger partial charge in [0.05, 0.1) is 6.04 Å². The summed E-state index contributed by atoms with van der Waals surface area (Å²) in [6.45, 7) is -1.08. The van der Waals surface area contributed by atoms with Gasteiger partial charge in [0.25, 0.3) is 0 Å². The molecule has 0 fully saturated rings. The van der Waals surface area contributed by atoms with Crippen LogP contribution in [0.15, 0.2) is 42.5 Å². The molecule has 0 radical (unpaired) electrons. The van der Waals surface area contributed by atoms with E-state index in [1.165, 1.54) is 24.3 Å². The fourth-order valence-electron chi connectivity index (χ4n) is 2.16. The summed E-state index contributed by atoms with van der Waals surface area (Å²) in [6, 6.07) is 9.96. The maximum Gasteiger partial charge on any atom is 0.387 e. The van der Waals surface area contributed by atoms with Gasteiger partial charge in [-0.25, -0.2) is 9.82 Å². The molecule has 0 saturated carbocycles. The molecule has 1 atom stereocenters. The van der Waals surface area contributed by atoms with Crippen LogP contribution in [0.25, 0.3) is 0 Å². The molecule has 0 amide bonds. The molecule has 1 unspecified atom stereocenters. The number of aryl methyl sites for hydroxylation is 1. The molecule has 0 heterocycles. The van der Waals surface area contributed by atoms with Crippen LogP contribution in [-0.2, 0) is 0 Å². The zero-order chi connectivity index (χ0) is 15.4. The van der Waals surface area contributed by atoms with Crippen LogP contribution >= 0.6 is 0 Å². The highest BCUT2D eigenvalue weighted by molar-refractivity contribution is 5.40. The number of hydrogen-bond donors (Lipinski definition) is 2. The molecule has 6 heteroatoms. The number of nitrogens with one attached hydrogen (secondary N) is 1. The Labute approximate surface area is 120 Å². The van der Waals surface area contributed by atoms with Crippen molar-refractivity contribution >= 4 is 0 Å². The summed E-state index contributed by atoms with van der Waals surface area (Å²) in [4.78, 5) is 0. The van der Waals surface area contributed by atoms with Crippen molar-refractivity contribution in [3.8, 4) is 5.75 Å². The fourth-order valence-corrected chi connectivity index (χ4v) is 2.16. The summed E-state index contributed by atoms with van der Waals surface area (Å²) in [6.07, 6.45) is 0. The van der Waals surface area contributed by atoms with Crippen molar-refractivity contribution in [2.45, 2.75) is 19.6 Å². The molecule has 2 aromatic carbocycles. The summed E-state index contributed by atoms with van der Waals surface area (Å²) in [5, 5.41) is 0. The monoisotopic (exact) mass is 296 g/mol. The molecular weight excluding hydrogens is 281 g/mol. The first-order chi connectivity index (χ1) is 10.0. The van der Waals surface area contributed by atoms with E-state index in [1.54, 1.807) is 18.2 Å². The minimum Gasteiger partial charge on any atom is -0.435 e. The number of halogens is 3. The van der Waals surface area contributed by atoms with Crippen LogP contribution in [0, 0.1) is 12.7 Å². The van der Waals surface area contributed by atoms with Crippen LogP contribution < -0.4 is 16.0 Å². The highest BCUT2D eigenvalue weighted by Crippen LogP contribution is 2.27. The molecule has 0 aromatic heterocycles. The molecule has 2 aromatic rings. The normalized spacial score (nSPS) is 12.5. The van der Waals surface area contributed by atoms with Crippen molar-refractivity contribution in [3.05, 3.63) is 65.0 Å². The summed E-state index contributed by atoms with van der Waals surface area (Å²) in [5.74, 6) is 5.18. The third-order valence-corrected chi connectivity index (χ3v) is 3.14. The smallest absolute Gasteiger partial charge is 0.387 e. The van der Waals surface area contributed by atoms with E-state index < -0.39 is 18.5 Å². The van der Waals surface area contributed by atoms with Crippen LogP contribution in [0.2, 0.25) is 0 Å². The molecule has 0 aliphatic heterocycles. The van der Waals surface area contributed by atoms with E-state index in [1.807, 2.05) is 6.92 Å². The van der Waals surface area contributed by atoms with Crippen LogP contribution in [-0.4, -0.2) is 6.61 Å². The maximum atomic E-state index is 13.4. The van der Waals surface area contributed by atoms with Gasteiger partial charge in [-0.2, -0.15) is 8.78 Å². The lowest BCUT2D eigenvalue weighted by atomic mass is 9.95. The lowest BCUT2D eigenvalue weighted by Crippen LogP contribution is -2.29. The standard InChI is InChI=1S/C15H15F3N2O/c1-9-5-6-11(16)8-13(9)14(20-19)10-3-2-4-12(7-10)21-15(17)18/h2-8,14-15,20H,19H2,1H3. The van der Waals surface area contributed by atoms with Crippen molar-refractivity contribution in [3.63, 3.8) is 0 Å². The number of benzene rings is 2. The van der Waals surface area contributed by atoms with Gasteiger partial charge < -0.3 is 4.74 Å². The van der Waals surface area contributed by atoms with E-state index in [0.717, 1.165) is 5.56 Å². The van der Waals surface area contributed by atoms with Gasteiger partial charge in [-0.1, -0.05) is 18.2 Å². The van der Waals surface area contributed by atoms with Gasteiger partial charge in [-0.3, -0.25) is 5.84 Å². The molecular formula is C15H15F3N2O. The van der Waals surface area contributed by atoms with E-state index in [2.05, 4.69) is 10.2 Å². The second-order valence-electron chi connectivity index (χ2n) is 4.55. The molecule has 21 heavy (non-hydrogen) atoms. The number of hydrogen-bond acceptors (Lipinski definition) is 3. The molecule has 0 saturated heterocycles. The Morgan fingerprint density at radius 3 is 2.57 bits per heavy atom. The fraction of sp³-hybridized carbons (Fsp3) is 0.200. The summed E-state index contributed by atoms with van der Waals surface area (Å²) >= 11 is 0. The van der Waals surface area contributed by atoms with Gasteiger partial charge in [-0.05, 0) is 47.9 Å². The first-order valence-corrected chi connectivity index (χ1v) is 6.28. The highest BCUT2D eigenvalue weighted by atomic mass is 19.3. The number of nitrogens with two attached hydrogens (primary N) is 1. The molecule has 0 spiro atoms. The van der Waals surface area contributed by atoms with Gasteiger partial charge in [-0.15, -0.1) is 0 Å². The number of rotatable bonds is 5. The molecule has 0 bridgehead atoms. The highest BCUT2D eigenvalue weighted by Gasteiger charge is 2.16. The van der Waals surface area contributed by atoms with Crippen LogP contribution in [0.5, 0.6) is 5.75 Å². The molecule has 112 valence electrons. The van der Waals surface area contributed by atoms with E-state index in [4.69, 9.17) is 5.84 Å². The topological polar surface area (TPSA) is 47.3 Å². The van der Waals surface area contributed by atoms with E-state index in [-0.39, 0.29) is 5.75 Å². The minimum atomic E-state index is -2.90. The van der Waals surface area contributed by atoms with Gasteiger partial charge in [0.1, 0.15) is 11.6 Å². The zero-order valence-corrected chi connectivity index (χ0v) is 11.3. The van der Waals surface area contributed by atoms with Crippen molar-refractivity contribution in [1.82, 2.24) is 5.43 Å². The Hall–Kier alpha value is -2.05. The zero-order valence-electron chi connectivity index (χ0n) is 11.3. The molecule has 3 nitrogen and oxygen atoms in total. The number of hydrazine groups is 1. The summed E-state index contributed by atoms with van der Waals surface area (Å²) in [7, 11) is 0. The van der Waals surface area contributed by atoms with Crippen molar-refractivity contribution < 1.29 is 17.9 Å². The Bertz CT molecular complexity index is 620. The Balaban J connectivity index is 2.39. The van der Waals surface area contributed by atoms with E-state index in [0.29, 0.717) is 11.1 Å². The molecule has 3 N–H and O–H groups in total. The average molecular weight is 296 g/mol. The molecule has 2 rings (SSSR count). The van der Waals surface area contributed by atoms with Crippen LogP contribution in [0.4, 0.5) is 13.2 Å². The minimum absolute atomic E-state index is 0.0248. The number of alkyl halides is 2. The molecule has 0 aliphatic rings. The first-order valence-electron chi connectivity index (χ1n) is 6.28. The molecule has 0 aliphatic carbocycles. The largest absolute Gasteiger partial charge is 0.435 e. The average Bonchev–Trinajstić information content (AvgIpc) is 2.43. The predicted octanol–water partition coefficient (Wildman–Crippen LogP) is 3.29. The van der Waals surface area contributed by atoms with Gasteiger partial charge in [0, 0.05) is 0 Å². The Morgan fingerprint density at radius 1 is 1.14 bits per heavy atom. The Morgan fingerprint density at radius 2 is 1.90 bits per heavy atom. The van der Waals surface area contributed by atoms with Crippen molar-refractivity contribution in [2.24, 2.45) is 5.84 Å². The van der Waals surface area contributed by atoms with E-state index >= 15 is 0 Å². The van der Waals surface area contributed by atoms with Crippen molar-refractivity contribution in [2.75, 3.05) is 0 Å². The van der Waals surface area contributed by atoms with Crippen LogP contribution in [0.3, 0.4) is 0 Å². The van der Waals surface area contributed by atoms with Gasteiger partial charge >= 0.3 is 6.61 Å². The third kappa shape index (κ3) is 3.74. The lowest BCUT2D eigenvalue weighted by molar-refractivity contribution is -0.0498. The second kappa shape index (κ2) is 6.60. The Kier molecular flexibility index (Phi) is 4.82. The van der Waals surface area contributed by atoms with E-state index in [9.17, 15) is 13.2 Å². The predicted molar refractivity (Wildman–Crippen MR) is 73.4 cm³/mol. The number of ether oxygens (including phenoxy) is 1. The first kappa shape index (κ1) is 15.3. The quantitative estimate of drug-likeness (QED) is 0.657. The third-order valence-electron chi connectivity index (χ3n) is 3.14. The lowest BCUT2D eigenvalue weighted by Gasteiger charge is -2.20. The van der Waals surface area contributed by atoms with Crippen molar-refractivity contribution in [1.29, 1.82) is 0 Å². The summed E-state index contributed by atoms with van der Waals surface area (Å²) in [5.41, 5.74) is 4.64. The van der Waals surface area contributed by atoms with Gasteiger partial charge in [0.15, 0.2) is 0 Å². The second-order valence-corrected chi connectivity index (χ2v) is 4.55. The maximum absolute atomic E-state index is 13.4. The van der Waals surface area contributed by atoms with Crippen LogP contribution in [0.1, 0.15) is 22.7 Å². The van der Waals surface area contributed by atoms with Gasteiger partial charge in [0.2, 0.25) is 0 Å². The summed E-state index contributed by atoms with van der Waals surface area (Å²) < 4.78 is 42.3. The SMILES string of the molecule is Cc1ccc(F)cc1C(NN)c1cccc(OC(F)F)c1.